The molecule has 0 aromatic heterocycles. The van der Waals surface area contributed by atoms with E-state index in [0.29, 0.717) is 13.1 Å². The van der Waals surface area contributed by atoms with E-state index in [1.165, 1.54) is 44.5 Å². The summed E-state index contributed by atoms with van der Waals surface area (Å²) in [6.07, 6.45) is 3.02. The van der Waals surface area contributed by atoms with Crippen LogP contribution in [0.2, 0.25) is 0 Å². The lowest BCUT2D eigenvalue weighted by atomic mass is 9.87. The zero-order valence-electron chi connectivity index (χ0n) is 15.0. The van der Waals surface area contributed by atoms with Gasteiger partial charge in [0.05, 0.1) is 0 Å². The summed E-state index contributed by atoms with van der Waals surface area (Å²) in [5.74, 6) is 0. The molecule has 0 spiro atoms. The molecule has 0 heterocycles. The Hall–Kier alpha value is -1.64. The molecule has 0 saturated carbocycles. The molecule has 0 aliphatic carbocycles. The summed E-state index contributed by atoms with van der Waals surface area (Å²) in [6, 6.07) is 8.96. The van der Waals surface area contributed by atoms with Crippen LogP contribution in [0.4, 0.5) is 0 Å². The first-order valence-corrected chi connectivity index (χ1v) is 8.67. The number of hydrogen-bond donors (Lipinski definition) is 2. The van der Waals surface area contributed by atoms with Gasteiger partial charge in [0.25, 0.3) is 0 Å². The molecule has 2 aromatic rings. The molecule has 0 aliphatic rings. The predicted molar refractivity (Wildman–Crippen MR) is 99.7 cm³/mol. The molecule has 0 radical (unpaired) electrons. The van der Waals surface area contributed by atoms with E-state index in [4.69, 9.17) is 11.5 Å². The van der Waals surface area contributed by atoms with Crippen LogP contribution in [-0.2, 0) is 32.4 Å². The van der Waals surface area contributed by atoms with Gasteiger partial charge in [0.15, 0.2) is 0 Å². The lowest BCUT2D eigenvalue weighted by molar-refractivity contribution is 0.933. The van der Waals surface area contributed by atoms with E-state index in [9.17, 15) is 0 Å². The average molecular weight is 310 g/mol. The van der Waals surface area contributed by atoms with Crippen LogP contribution in [0.3, 0.4) is 0 Å². The van der Waals surface area contributed by atoms with Crippen LogP contribution >= 0.6 is 0 Å². The van der Waals surface area contributed by atoms with Crippen molar-refractivity contribution in [2.24, 2.45) is 11.5 Å². The highest BCUT2D eigenvalue weighted by molar-refractivity contribution is 5.47. The smallest absolute Gasteiger partial charge is 0.0183 e. The van der Waals surface area contributed by atoms with E-state index in [1.807, 2.05) is 0 Å². The normalized spacial score (nSPS) is 11.0. The second-order valence-electron chi connectivity index (χ2n) is 6.29. The Balaban J connectivity index is 2.52. The van der Waals surface area contributed by atoms with Crippen molar-refractivity contribution in [2.75, 3.05) is 0 Å². The first-order chi connectivity index (χ1) is 11.1. The molecule has 0 fully saturated rings. The number of rotatable bonds is 6. The van der Waals surface area contributed by atoms with Gasteiger partial charge in [0.2, 0.25) is 0 Å². The Morgan fingerprint density at radius 3 is 1.35 bits per heavy atom. The van der Waals surface area contributed by atoms with Crippen molar-refractivity contribution in [1.82, 2.24) is 0 Å². The molecule has 0 aliphatic heterocycles. The first kappa shape index (κ1) is 17.7. The Bertz CT molecular complexity index is 627. The van der Waals surface area contributed by atoms with Crippen molar-refractivity contribution in [3.8, 4) is 0 Å². The van der Waals surface area contributed by atoms with Gasteiger partial charge >= 0.3 is 0 Å². The minimum absolute atomic E-state index is 0.616. The third-order valence-electron chi connectivity index (χ3n) is 5.02. The van der Waals surface area contributed by atoms with Gasteiger partial charge < -0.3 is 11.5 Å². The van der Waals surface area contributed by atoms with Crippen LogP contribution < -0.4 is 11.5 Å². The molecule has 2 aromatic carbocycles. The van der Waals surface area contributed by atoms with Gasteiger partial charge in [-0.3, -0.25) is 0 Å². The van der Waals surface area contributed by atoms with Crippen molar-refractivity contribution >= 4 is 0 Å². The third-order valence-corrected chi connectivity index (χ3v) is 5.02. The first-order valence-electron chi connectivity index (χ1n) is 8.67. The molecule has 0 unspecified atom stereocenters. The highest BCUT2D eigenvalue weighted by Crippen LogP contribution is 2.26. The molecule has 23 heavy (non-hydrogen) atoms. The fraction of sp³-hybridized carbons (Fsp3) is 0.429. The zero-order chi connectivity index (χ0) is 17.0. The maximum Gasteiger partial charge on any atom is 0.0183 e. The van der Waals surface area contributed by atoms with Crippen LogP contribution in [0.1, 0.15) is 58.4 Å². The van der Waals surface area contributed by atoms with E-state index in [0.717, 1.165) is 19.3 Å². The van der Waals surface area contributed by atoms with Gasteiger partial charge in [-0.2, -0.15) is 0 Å². The molecule has 0 atom stereocenters. The van der Waals surface area contributed by atoms with E-state index < -0.39 is 0 Å². The van der Waals surface area contributed by atoms with Crippen molar-refractivity contribution in [1.29, 1.82) is 0 Å². The quantitative estimate of drug-likeness (QED) is 0.849. The van der Waals surface area contributed by atoms with Crippen molar-refractivity contribution < 1.29 is 0 Å². The Labute approximate surface area is 140 Å². The standard InChI is InChI=1S/C21H30N2/c1-5-18-16(9-7-14(3)20(18)12-22)11-17-10-8-15(4)21(13-23)19(17)6-2/h7-10H,5-6,11-13,22-23H2,1-4H3. The van der Waals surface area contributed by atoms with E-state index >= 15 is 0 Å². The summed E-state index contributed by atoms with van der Waals surface area (Å²) in [7, 11) is 0. The lowest BCUT2D eigenvalue weighted by Crippen LogP contribution is -2.10. The SMILES string of the molecule is CCc1c(Cc2ccc(C)c(CN)c2CC)ccc(C)c1CN. The second-order valence-corrected chi connectivity index (χ2v) is 6.29. The minimum Gasteiger partial charge on any atom is -0.326 e. The van der Waals surface area contributed by atoms with Crippen LogP contribution in [0.25, 0.3) is 0 Å². The topological polar surface area (TPSA) is 52.0 Å². The van der Waals surface area contributed by atoms with E-state index in [-0.39, 0.29) is 0 Å². The summed E-state index contributed by atoms with van der Waals surface area (Å²) < 4.78 is 0. The van der Waals surface area contributed by atoms with Crippen LogP contribution in [0.15, 0.2) is 24.3 Å². The van der Waals surface area contributed by atoms with Gasteiger partial charge in [0.1, 0.15) is 0 Å². The third kappa shape index (κ3) is 3.49. The average Bonchev–Trinajstić information content (AvgIpc) is 2.56. The largest absolute Gasteiger partial charge is 0.326 e. The molecular formula is C21H30N2. The summed E-state index contributed by atoms with van der Waals surface area (Å²) in [5.41, 5.74) is 22.9. The molecule has 2 rings (SSSR count). The fourth-order valence-electron chi connectivity index (χ4n) is 3.70. The summed E-state index contributed by atoms with van der Waals surface area (Å²) >= 11 is 0. The summed E-state index contributed by atoms with van der Waals surface area (Å²) in [5, 5.41) is 0. The number of nitrogens with two attached hydrogens (primary N) is 2. The van der Waals surface area contributed by atoms with Gasteiger partial charge in [0, 0.05) is 13.1 Å². The number of benzene rings is 2. The second kappa shape index (κ2) is 7.76. The van der Waals surface area contributed by atoms with Crippen LogP contribution in [0.5, 0.6) is 0 Å². The van der Waals surface area contributed by atoms with Gasteiger partial charge in [-0.05, 0) is 77.6 Å². The van der Waals surface area contributed by atoms with Gasteiger partial charge in [-0.25, -0.2) is 0 Å². The molecule has 0 amide bonds. The molecule has 0 saturated heterocycles. The maximum absolute atomic E-state index is 5.99. The number of aryl methyl sites for hydroxylation is 2. The monoisotopic (exact) mass is 310 g/mol. The highest BCUT2D eigenvalue weighted by Gasteiger charge is 2.13. The van der Waals surface area contributed by atoms with E-state index in [1.54, 1.807) is 0 Å². The molecule has 4 N–H and O–H groups in total. The number of hydrogen-bond acceptors (Lipinski definition) is 2. The van der Waals surface area contributed by atoms with Gasteiger partial charge in [-0.15, -0.1) is 0 Å². The summed E-state index contributed by atoms with van der Waals surface area (Å²) in [4.78, 5) is 0. The van der Waals surface area contributed by atoms with Crippen molar-refractivity contribution in [2.45, 2.75) is 60.0 Å². The predicted octanol–water partition coefficient (Wildman–Crippen LogP) is 3.94. The molecule has 0 bridgehead atoms. The van der Waals surface area contributed by atoms with Crippen molar-refractivity contribution in [3.05, 3.63) is 68.8 Å². The van der Waals surface area contributed by atoms with Gasteiger partial charge in [-0.1, -0.05) is 38.1 Å². The molecule has 2 nitrogen and oxygen atoms in total. The Morgan fingerprint density at radius 2 is 1.04 bits per heavy atom. The molecular weight excluding hydrogens is 280 g/mol. The molecule has 124 valence electrons. The Kier molecular flexibility index (Phi) is 5.97. The highest BCUT2D eigenvalue weighted by atomic mass is 14.5. The van der Waals surface area contributed by atoms with Crippen LogP contribution in [0, 0.1) is 13.8 Å². The van der Waals surface area contributed by atoms with Crippen LogP contribution in [-0.4, -0.2) is 0 Å². The maximum atomic E-state index is 5.99. The molecule has 2 heteroatoms. The summed E-state index contributed by atoms with van der Waals surface area (Å²) in [6.45, 7) is 9.98. The minimum atomic E-state index is 0.616. The van der Waals surface area contributed by atoms with Crippen molar-refractivity contribution in [3.63, 3.8) is 0 Å². The van der Waals surface area contributed by atoms with E-state index in [2.05, 4.69) is 52.0 Å². The fourth-order valence-corrected chi connectivity index (χ4v) is 3.70. The Morgan fingerprint density at radius 1 is 0.652 bits per heavy atom. The zero-order valence-corrected chi connectivity index (χ0v) is 15.0. The lowest BCUT2D eigenvalue weighted by Gasteiger charge is -2.19.